The first-order valence-corrected chi connectivity index (χ1v) is 13.7. The van der Waals surface area contributed by atoms with E-state index in [1.165, 1.54) is 12.8 Å². The van der Waals surface area contributed by atoms with Gasteiger partial charge in [-0.3, -0.25) is 19.2 Å². The van der Waals surface area contributed by atoms with Crippen molar-refractivity contribution in [3.8, 4) is 0 Å². The molecular formula is C30H36N4O4. The molecule has 0 spiro atoms. The fourth-order valence-electron chi connectivity index (χ4n) is 6.02. The molecule has 2 aromatic rings. The van der Waals surface area contributed by atoms with Gasteiger partial charge in [0.25, 0.3) is 11.8 Å². The van der Waals surface area contributed by atoms with Crippen LogP contribution in [0, 0.1) is 5.92 Å². The smallest absolute Gasteiger partial charge is 0.254 e. The van der Waals surface area contributed by atoms with Crippen LogP contribution in [0.4, 0.5) is 5.69 Å². The molecule has 0 bridgehead atoms. The Morgan fingerprint density at radius 2 is 1.58 bits per heavy atom. The lowest BCUT2D eigenvalue weighted by atomic mass is 10.0. The average molecular weight is 517 g/mol. The first-order valence-electron chi connectivity index (χ1n) is 13.7. The van der Waals surface area contributed by atoms with Crippen LogP contribution in [-0.2, 0) is 9.59 Å². The largest absolute Gasteiger partial charge is 0.372 e. The van der Waals surface area contributed by atoms with E-state index in [1.807, 2.05) is 32.0 Å². The van der Waals surface area contributed by atoms with E-state index in [0.717, 1.165) is 18.8 Å². The second-order valence-corrected chi connectivity index (χ2v) is 11.0. The van der Waals surface area contributed by atoms with Crippen LogP contribution in [0.3, 0.4) is 0 Å². The topological polar surface area (TPSA) is 90.0 Å². The number of carbonyl (C=O) groups excluding carboxylic acids is 4. The number of nitrogens with zero attached hydrogens (tertiary/aromatic N) is 3. The number of Topliss-reactive ketones (excluding diaryl/α,β-unsaturated/α-hetero) is 1. The summed E-state index contributed by atoms with van der Waals surface area (Å²) in [6, 6.07) is 14.7. The zero-order valence-corrected chi connectivity index (χ0v) is 22.1. The number of hydrogen-bond acceptors (Lipinski definition) is 5. The van der Waals surface area contributed by atoms with E-state index < -0.39 is 12.1 Å². The number of anilines is 1. The summed E-state index contributed by atoms with van der Waals surface area (Å²) < 4.78 is 0. The number of rotatable bonds is 7. The van der Waals surface area contributed by atoms with E-state index in [1.54, 1.807) is 46.2 Å². The first-order chi connectivity index (χ1) is 18.3. The Balaban J connectivity index is 1.29. The Kier molecular flexibility index (Phi) is 7.49. The molecule has 3 unspecified atom stereocenters. The molecule has 3 saturated heterocycles. The molecule has 3 fully saturated rings. The van der Waals surface area contributed by atoms with Gasteiger partial charge in [-0.25, -0.2) is 0 Å². The van der Waals surface area contributed by atoms with Gasteiger partial charge in [-0.15, -0.1) is 0 Å². The van der Waals surface area contributed by atoms with Crippen LogP contribution in [0.2, 0.25) is 0 Å². The minimum atomic E-state index is -0.744. The third-order valence-electron chi connectivity index (χ3n) is 7.90. The van der Waals surface area contributed by atoms with Crippen LogP contribution in [0.25, 0.3) is 0 Å². The zero-order valence-electron chi connectivity index (χ0n) is 22.1. The summed E-state index contributed by atoms with van der Waals surface area (Å²) in [6.07, 6.45) is 3.37. The molecule has 5 rings (SSSR count). The number of carbonyl (C=O) groups is 4. The normalized spacial score (nSPS) is 21.7. The van der Waals surface area contributed by atoms with Gasteiger partial charge in [-0.2, -0.15) is 0 Å². The fourth-order valence-corrected chi connectivity index (χ4v) is 6.02. The Hall–Kier alpha value is -3.68. The lowest BCUT2D eigenvalue weighted by Crippen LogP contribution is -2.53. The van der Waals surface area contributed by atoms with Gasteiger partial charge >= 0.3 is 0 Å². The molecule has 0 saturated carbocycles. The summed E-state index contributed by atoms with van der Waals surface area (Å²) >= 11 is 0. The van der Waals surface area contributed by atoms with Crippen molar-refractivity contribution >= 4 is 29.2 Å². The average Bonchev–Trinajstić information content (AvgIpc) is 3.67. The standard InChI is InChI=1S/C30H36N4O4/c1-20(2)18-24(31-28(36)21-10-12-23(13-11-21)32-15-6-7-16-32)30(38)33-17-14-25-27(33)26(35)19-34(25)29(37)22-8-4-3-5-9-22/h3-5,8-13,20,24-25,27H,6-7,14-19H2,1-2H3,(H,31,36). The van der Waals surface area contributed by atoms with Crippen molar-refractivity contribution in [3.63, 3.8) is 0 Å². The molecule has 0 radical (unpaired) electrons. The number of amides is 3. The van der Waals surface area contributed by atoms with Crippen LogP contribution in [0.15, 0.2) is 54.6 Å². The van der Waals surface area contributed by atoms with E-state index >= 15 is 0 Å². The summed E-state index contributed by atoms with van der Waals surface area (Å²) in [7, 11) is 0. The zero-order chi connectivity index (χ0) is 26.8. The van der Waals surface area contributed by atoms with Gasteiger partial charge in [0.2, 0.25) is 5.91 Å². The van der Waals surface area contributed by atoms with Gasteiger partial charge in [-0.05, 0) is 68.0 Å². The van der Waals surface area contributed by atoms with Crippen LogP contribution in [0.1, 0.15) is 60.2 Å². The molecular weight excluding hydrogens is 480 g/mol. The van der Waals surface area contributed by atoms with Gasteiger partial charge in [0.1, 0.15) is 12.1 Å². The molecule has 8 heteroatoms. The Morgan fingerprint density at radius 1 is 0.895 bits per heavy atom. The molecule has 8 nitrogen and oxygen atoms in total. The molecule has 200 valence electrons. The first kappa shape index (κ1) is 25.9. The molecule has 3 heterocycles. The fraction of sp³-hybridized carbons (Fsp3) is 0.467. The summed E-state index contributed by atoms with van der Waals surface area (Å²) in [4.78, 5) is 58.6. The highest BCUT2D eigenvalue weighted by atomic mass is 16.2. The van der Waals surface area contributed by atoms with Crippen molar-refractivity contribution in [1.29, 1.82) is 0 Å². The molecule has 3 aliphatic rings. The number of ketones is 1. The van der Waals surface area contributed by atoms with Gasteiger partial charge in [-0.1, -0.05) is 32.0 Å². The predicted molar refractivity (Wildman–Crippen MR) is 145 cm³/mol. The number of hydrogen-bond donors (Lipinski definition) is 1. The lowest BCUT2D eigenvalue weighted by molar-refractivity contribution is -0.138. The minimum absolute atomic E-state index is 0.00257. The molecule has 1 N–H and O–H groups in total. The third-order valence-corrected chi connectivity index (χ3v) is 7.90. The maximum absolute atomic E-state index is 13.8. The molecule has 2 aromatic carbocycles. The Bertz CT molecular complexity index is 1190. The maximum Gasteiger partial charge on any atom is 0.254 e. The van der Waals surface area contributed by atoms with Gasteiger partial charge < -0.3 is 20.0 Å². The van der Waals surface area contributed by atoms with E-state index in [-0.39, 0.29) is 42.0 Å². The van der Waals surface area contributed by atoms with Crippen LogP contribution in [0.5, 0.6) is 0 Å². The van der Waals surface area contributed by atoms with E-state index in [0.29, 0.717) is 30.5 Å². The summed E-state index contributed by atoms with van der Waals surface area (Å²) in [6.45, 7) is 6.45. The van der Waals surface area contributed by atoms with Crippen LogP contribution < -0.4 is 10.2 Å². The van der Waals surface area contributed by atoms with Gasteiger partial charge in [0.05, 0.1) is 12.6 Å². The Morgan fingerprint density at radius 3 is 2.24 bits per heavy atom. The number of nitrogens with one attached hydrogen (secondary N) is 1. The monoisotopic (exact) mass is 516 g/mol. The molecule has 3 aliphatic heterocycles. The quantitative estimate of drug-likeness (QED) is 0.611. The number of benzene rings is 2. The predicted octanol–water partition coefficient (Wildman–Crippen LogP) is 3.13. The van der Waals surface area contributed by atoms with Crippen molar-refractivity contribution in [2.24, 2.45) is 5.92 Å². The Labute approximate surface area is 224 Å². The van der Waals surface area contributed by atoms with E-state index in [9.17, 15) is 19.2 Å². The third kappa shape index (κ3) is 5.17. The maximum atomic E-state index is 13.8. The summed E-state index contributed by atoms with van der Waals surface area (Å²) in [5.74, 6) is -0.708. The van der Waals surface area contributed by atoms with Crippen molar-refractivity contribution in [1.82, 2.24) is 15.1 Å². The summed E-state index contributed by atoms with van der Waals surface area (Å²) in [5, 5.41) is 2.95. The highest BCUT2D eigenvalue weighted by Crippen LogP contribution is 2.32. The molecule has 0 aromatic heterocycles. The minimum Gasteiger partial charge on any atom is -0.372 e. The van der Waals surface area contributed by atoms with Crippen molar-refractivity contribution in [2.75, 3.05) is 31.1 Å². The van der Waals surface area contributed by atoms with Crippen molar-refractivity contribution < 1.29 is 19.2 Å². The van der Waals surface area contributed by atoms with E-state index in [2.05, 4.69) is 10.2 Å². The van der Waals surface area contributed by atoms with Crippen LogP contribution >= 0.6 is 0 Å². The molecule has 0 aliphatic carbocycles. The SMILES string of the molecule is CC(C)CC(NC(=O)c1ccc(N2CCCC2)cc1)C(=O)N1CCC2C1C(=O)CN2C(=O)c1ccccc1. The molecule has 3 amide bonds. The number of fused-ring (bicyclic) bond motifs is 1. The lowest BCUT2D eigenvalue weighted by Gasteiger charge is -2.29. The van der Waals surface area contributed by atoms with Gasteiger partial charge in [0.15, 0.2) is 5.78 Å². The van der Waals surface area contributed by atoms with Crippen molar-refractivity contribution in [2.45, 2.75) is 57.7 Å². The second kappa shape index (κ2) is 11.0. The highest BCUT2D eigenvalue weighted by Gasteiger charge is 2.52. The van der Waals surface area contributed by atoms with Gasteiger partial charge in [0, 0.05) is 36.4 Å². The second-order valence-electron chi connectivity index (χ2n) is 11.0. The summed E-state index contributed by atoms with van der Waals surface area (Å²) in [5.41, 5.74) is 2.14. The van der Waals surface area contributed by atoms with Crippen molar-refractivity contribution in [3.05, 3.63) is 65.7 Å². The highest BCUT2D eigenvalue weighted by molar-refractivity contribution is 6.03. The van der Waals surface area contributed by atoms with Crippen LogP contribution in [-0.4, -0.2) is 77.6 Å². The molecule has 3 atom stereocenters. The number of likely N-dealkylation sites (tertiary alicyclic amines) is 2. The molecule has 38 heavy (non-hydrogen) atoms. The van der Waals surface area contributed by atoms with E-state index in [4.69, 9.17) is 0 Å².